The molecular formula is C13H13Cl2N3O. The number of fused-ring (bicyclic) bond motifs is 1. The number of nitrogens with one attached hydrogen (secondary N) is 1. The smallest absolute Gasteiger partial charge is 0.243 e. The number of rotatable bonds is 2. The van der Waals surface area contributed by atoms with Crippen molar-refractivity contribution in [2.75, 3.05) is 6.54 Å². The number of carbonyl (C=O) groups is 1. The lowest BCUT2D eigenvalue weighted by Gasteiger charge is -2.25. The number of alkyl halides is 1. The third kappa shape index (κ3) is 2.09. The Kier molecular flexibility index (Phi) is 3.37. The largest absolute Gasteiger partial charge is 0.354 e. The highest BCUT2D eigenvalue weighted by Crippen LogP contribution is 2.31. The molecule has 1 aliphatic heterocycles. The molecule has 1 aromatic heterocycles. The van der Waals surface area contributed by atoms with Crippen LogP contribution in [-0.2, 0) is 10.7 Å². The lowest BCUT2D eigenvalue weighted by Crippen LogP contribution is -2.38. The number of carbonyl (C=O) groups excluding carboxylic acids is 1. The zero-order chi connectivity index (χ0) is 13.4. The number of amides is 1. The van der Waals surface area contributed by atoms with E-state index < -0.39 is 0 Å². The molecule has 1 atom stereocenters. The first-order valence-electron chi connectivity index (χ1n) is 6.21. The van der Waals surface area contributed by atoms with E-state index in [1.807, 2.05) is 16.7 Å². The standard InChI is InChI=1S/C13H13Cl2N3O/c14-7-11-17-9-4-1-3-8(15)12(9)18(11)10-5-2-6-16-13(10)19/h1,3-4,10H,2,5-7H2,(H,16,19). The van der Waals surface area contributed by atoms with Gasteiger partial charge in [-0.1, -0.05) is 17.7 Å². The number of benzene rings is 1. The van der Waals surface area contributed by atoms with Gasteiger partial charge >= 0.3 is 0 Å². The Hall–Kier alpha value is -1.26. The first-order valence-corrected chi connectivity index (χ1v) is 7.12. The number of hydrogen-bond donors (Lipinski definition) is 1. The van der Waals surface area contributed by atoms with Gasteiger partial charge in [0.25, 0.3) is 0 Å². The second-order valence-electron chi connectivity index (χ2n) is 4.59. The van der Waals surface area contributed by atoms with E-state index in [4.69, 9.17) is 23.2 Å². The van der Waals surface area contributed by atoms with Crippen molar-refractivity contribution in [2.45, 2.75) is 24.8 Å². The molecule has 0 spiro atoms. The van der Waals surface area contributed by atoms with Crippen molar-refractivity contribution >= 4 is 40.1 Å². The lowest BCUT2D eigenvalue weighted by atomic mass is 10.1. The van der Waals surface area contributed by atoms with Crippen molar-refractivity contribution in [3.8, 4) is 0 Å². The van der Waals surface area contributed by atoms with Crippen LogP contribution in [0.5, 0.6) is 0 Å². The van der Waals surface area contributed by atoms with Crippen molar-refractivity contribution in [3.63, 3.8) is 0 Å². The lowest BCUT2D eigenvalue weighted by molar-refractivity contribution is -0.125. The molecule has 0 saturated carbocycles. The van der Waals surface area contributed by atoms with Gasteiger partial charge in [-0.05, 0) is 25.0 Å². The monoisotopic (exact) mass is 297 g/mol. The summed E-state index contributed by atoms with van der Waals surface area (Å²) in [6.07, 6.45) is 1.73. The van der Waals surface area contributed by atoms with Crippen molar-refractivity contribution in [1.29, 1.82) is 0 Å². The Morgan fingerprint density at radius 1 is 1.47 bits per heavy atom. The van der Waals surface area contributed by atoms with Crippen LogP contribution in [0.2, 0.25) is 5.02 Å². The molecule has 2 heterocycles. The van der Waals surface area contributed by atoms with E-state index in [0.717, 1.165) is 30.4 Å². The van der Waals surface area contributed by atoms with Gasteiger partial charge in [-0.2, -0.15) is 0 Å². The van der Waals surface area contributed by atoms with Crippen molar-refractivity contribution in [1.82, 2.24) is 14.9 Å². The molecule has 4 nitrogen and oxygen atoms in total. The van der Waals surface area contributed by atoms with Gasteiger partial charge in [0.1, 0.15) is 11.9 Å². The first-order chi connectivity index (χ1) is 9.22. The summed E-state index contributed by atoms with van der Waals surface area (Å²) in [5, 5.41) is 3.48. The molecule has 1 aromatic carbocycles. The Morgan fingerprint density at radius 3 is 3.05 bits per heavy atom. The van der Waals surface area contributed by atoms with Gasteiger partial charge < -0.3 is 9.88 Å². The third-order valence-corrected chi connectivity index (χ3v) is 3.97. The maximum Gasteiger partial charge on any atom is 0.243 e. The van der Waals surface area contributed by atoms with Gasteiger partial charge in [0.2, 0.25) is 5.91 Å². The summed E-state index contributed by atoms with van der Waals surface area (Å²) in [6, 6.07) is 5.27. The SMILES string of the molecule is O=C1NCCCC1n1c(CCl)nc2cccc(Cl)c21. The molecule has 2 aromatic rings. The summed E-state index contributed by atoms with van der Waals surface area (Å²) < 4.78 is 1.89. The number of halogens is 2. The quantitative estimate of drug-likeness (QED) is 0.867. The van der Waals surface area contributed by atoms with Gasteiger partial charge in [0.15, 0.2) is 0 Å². The fourth-order valence-corrected chi connectivity index (χ4v) is 3.04. The van der Waals surface area contributed by atoms with Gasteiger partial charge in [0, 0.05) is 6.54 Å². The molecule has 0 bridgehead atoms. The van der Waals surface area contributed by atoms with E-state index in [1.165, 1.54) is 0 Å². The summed E-state index contributed by atoms with van der Waals surface area (Å²) in [5.41, 5.74) is 1.57. The average Bonchev–Trinajstić information content (AvgIpc) is 2.79. The molecule has 3 rings (SSSR count). The molecule has 19 heavy (non-hydrogen) atoms. The van der Waals surface area contributed by atoms with Crippen molar-refractivity contribution in [3.05, 3.63) is 29.0 Å². The minimum atomic E-state index is -0.271. The highest BCUT2D eigenvalue weighted by Gasteiger charge is 2.28. The first kappa shape index (κ1) is 12.8. The molecule has 1 aliphatic rings. The van der Waals surface area contributed by atoms with Gasteiger partial charge in [-0.25, -0.2) is 4.98 Å². The van der Waals surface area contributed by atoms with E-state index in [0.29, 0.717) is 10.8 Å². The molecule has 1 fully saturated rings. The van der Waals surface area contributed by atoms with E-state index >= 15 is 0 Å². The molecule has 1 saturated heterocycles. The predicted octanol–water partition coefficient (Wildman–Crippen LogP) is 2.88. The Bertz CT molecular complexity index is 638. The molecule has 0 aliphatic carbocycles. The van der Waals surface area contributed by atoms with Crippen molar-refractivity contribution in [2.24, 2.45) is 0 Å². The highest BCUT2D eigenvalue weighted by molar-refractivity contribution is 6.35. The van der Waals surface area contributed by atoms with E-state index in [9.17, 15) is 4.79 Å². The van der Waals surface area contributed by atoms with Crippen LogP contribution in [0.4, 0.5) is 0 Å². The second kappa shape index (κ2) is 5.02. The van der Waals surface area contributed by atoms with E-state index in [1.54, 1.807) is 6.07 Å². The second-order valence-corrected chi connectivity index (χ2v) is 5.26. The number of aromatic nitrogens is 2. The number of hydrogen-bond acceptors (Lipinski definition) is 2. The van der Waals surface area contributed by atoms with Crippen LogP contribution in [0.1, 0.15) is 24.7 Å². The minimum Gasteiger partial charge on any atom is -0.354 e. The van der Waals surface area contributed by atoms with Crippen molar-refractivity contribution < 1.29 is 4.79 Å². The van der Waals surface area contributed by atoms with Crippen LogP contribution in [0, 0.1) is 0 Å². The van der Waals surface area contributed by atoms with Crippen LogP contribution in [0.3, 0.4) is 0 Å². The summed E-state index contributed by atoms with van der Waals surface area (Å²) in [7, 11) is 0. The molecule has 1 amide bonds. The third-order valence-electron chi connectivity index (χ3n) is 3.42. The van der Waals surface area contributed by atoms with E-state index in [-0.39, 0.29) is 17.8 Å². The number of imidazole rings is 1. The summed E-state index contributed by atoms with van der Waals surface area (Å²) in [4.78, 5) is 16.5. The molecule has 1 unspecified atom stereocenters. The summed E-state index contributed by atoms with van der Waals surface area (Å²) in [6.45, 7) is 0.728. The molecule has 6 heteroatoms. The fourth-order valence-electron chi connectivity index (χ4n) is 2.59. The summed E-state index contributed by atoms with van der Waals surface area (Å²) >= 11 is 12.2. The fraction of sp³-hybridized carbons (Fsp3) is 0.385. The summed E-state index contributed by atoms with van der Waals surface area (Å²) in [5.74, 6) is 0.957. The number of para-hydroxylation sites is 1. The van der Waals surface area contributed by atoms with Gasteiger partial charge in [-0.3, -0.25) is 4.79 Å². The van der Waals surface area contributed by atoms with Crippen LogP contribution in [-0.4, -0.2) is 22.0 Å². The van der Waals surface area contributed by atoms with Crippen LogP contribution in [0.25, 0.3) is 11.0 Å². The Balaban J connectivity index is 2.22. The normalized spacial score (nSPS) is 19.7. The zero-order valence-corrected chi connectivity index (χ0v) is 11.7. The Labute approximate surface area is 120 Å². The number of nitrogens with zero attached hydrogens (tertiary/aromatic N) is 2. The highest BCUT2D eigenvalue weighted by atomic mass is 35.5. The number of piperidine rings is 1. The minimum absolute atomic E-state index is 0.0110. The van der Waals surface area contributed by atoms with Crippen LogP contribution in [0.15, 0.2) is 18.2 Å². The molecular weight excluding hydrogens is 285 g/mol. The molecule has 1 N–H and O–H groups in total. The maximum absolute atomic E-state index is 12.1. The topological polar surface area (TPSA) is 46.9 Å². The maximum atomic E-state index is 12.1. The van der Waals surface area contributed by atoms with Crippen LogP contribution >= 0.6 is 23.2 Å². The van der Waals surface area contributed by atoms with Gasteiger partial charge in [0.05, 0.1) is 21.9 Å². The van der Waals surface area contributed by atoms with Crippen LogP contribution < -0.4 is 5.32 Å². The predicted molar refractivity (Wildman–Crippen MR) is 75.6 cm³/mol. The average molecular weight is 298 g/mol. The van der Waals surface area contributed by atoms with Gasteiger partial charge in [-0.15, -0.1) is 11.6 Å². The molecule has 100 valence electrons. The Morgan fingerprint density at radius 2 is 2.32 bits per heavy atom. The van der Waals surface area contributed by atoms with E-state index in [2.05, 4.69) is 10.3 Å². The zero-order valence-electron chi connectivity index (χ0n) is 10.2. The molecule has 0 radical (unpaired) electrons.